The Balaban J connectivity index is 2.04. The molecule has 0 bridgehead atoms. The van der Waals surface area contributed by atoms with Gasteiger partial charge in [-0.05, 0) is 18.2 Å². The molecule has 0 saturated heterocycles. The van der Waals surface area contributed by atoms with E-state index in [1.165, 1.54) is 6.07 Å². The molecule has 0 spiro atoms. The monoisotopic (exact) mass is 286 g/mol. The van der Waals surface area contributed by atoms with Crippen LogP contribution in [0.5, 0.6) is 0 Å². The predicted molar refractivity (Wildman–Crippen MR) is 67.3 cm³/mol. The van der Waals surface area contributed by atoms with E-state index in [4.69, 9.17) is 32.8 Å². The van der Waals surface area contributed by atoms with Crippen LogP contribution < -0.4 is 5.32 Å². The van der Waals surface area contributed by atoms with Crippen molar-refractivity contribution in [1.82, 2.24) is 5.16 Å². The number of anilines is 1. The van der Waals surface area contributed by atoms with Crippen molar-refractivity contribution < 1.29 is 14.4 Å². The summed E-state index contributed by atoms with van der Waals surface area (Å²) >= 11 is 11.7. The smallest absolute Gasteiger partial charge is 0.358 e. The molecule has 0 radical (unpaired) electrons. The quantitative estimate of drug-likeness (QED) is 0.902. The third-order valence-electron chi connectivity index (χ3n) is 2.16. The van der Waals surface area contributed by atoms with Crippen LogP contribution in [-0.4, -0.2) is 16.2 Å². The van der Waals surface area contributed by atoms with Gasteiger partial charge in [0.25, 0.3) is 0 Å². The average Bonchev–Trinajstić information content (AvgIpc) is 2.76. The Kier molecular flexibility index (Phi) is 3.74. The number of carboxylic acid groups (broad SMARTS) is 1. The highest BCUT2D eigenvalue weighted by Crippen LogP contribution is 2.25. The van der Waals surface area contributed by atoms with Gasteiger partial charge in [-0.3, -0.25) is 0 Å². The normalized spacial score (nSPS) is 10.3. The minimum Gasteiger partial charge on any atom is -0.476 e. The standard InChI is InChI=1S/C11H8Cl2N2O3/c12-6-1-2-9(8(13)3-6)14-5-7-4-10(11(16)17)15-18-7/h1-4,14H,5H2,(H,16,17). The summed E-state index contributed by atoms with van der Waals surface area (Å²) in [5.41, 5.74) is 0.545. The molecule has 0 amide bonds. The molecule has 18 heavy (non-hydrogen) atoms. The first-order chi connectivity index (χ1) is 8.56. The molecule has 0 atom stereocenters. The van der Waals surface area contributed by atoms with E-state index in [0.717, 1.165) is 0 Å². The maximum atomic E-state index is 10.6. The number of halogens is 2. The molecule has 2 rings (SSSR count). The highest BCUT2D eigenvalue weighted by atomic mass is 35.5. The van der Waals surface area contributed by atoms with E-state index in [1.807, 2.05) is 0 Å². The zero-order chi connectivity index (χ0) is 13.1. The van der Waals surface area contributed by atoms with Gasteiger partial charge in [-0.25, -0.2) is 4.79 Å². The van der Waals surface area contributed by atoms with E-state index in [-0.39, 0.29) is 12.2 Å². The van der Waals surface area contributed by atoms with Gasteiger partial charge in [-0.15, -0.1) is 0 Å². The molecule has 0 aliphatic heterocycles. The molecular formula is C11H8Cl2N2O3. The number of nitrogens with zero attached hydrogens (tertiary/aromatic N) is 1. The van der Waals surface area contributed by atoms with Gasteiger partial charge in [0, 0.05) is 11.1 Å². The van der Waals surface area contributed by atoms with Crippen molar-refractivity contribution in [2.75, 3.05) is 5.32 Å². The van der Waals surface area contributed by atoms with Gasteiger partial charge < -0.3 is 14.9 Å². The number of nitrogens with one attached hydrogen (secondary N) is 1. The minimum absolute atomic E-state index is 0.131. The number of carbonyl (C=O) groups is 1. The number of aromatic carboxylic acids is 1. The van der Waals surface area contributed by atoms with Gasteiger partial charge >= 0.3 is 5.97 Å². The Hall–Kier alpha value is -1.72. The third-order valence-corrected chi connectivity index (χ3v) is 2.71. The highest BCUT2D eigenvalue weighted by molar-refractivity contribution is 6.36. The van der Waals surface area contributed by atoms with Gasteiger partial charge in [0.05, 0.1) is 17.3 Å². The molecule has 0 aliphatic carbocycles. The van der Waals surface area contributed by atoms with E-state index < -0.39 is 5.97 Å². The van der Waals surface area contributed by atoms with E-state index in [0.29, 0.717) is 21.5 Å². The lowest BCUT2D eigenvalue weighted by molar-refractivity contribution is 0.0685. The summed E-state index contributed by atoms with van der Waals surface area (Å²) in [5, 5.41) is 16.1. The van der Waals surface area contributed by atoms with Crippen LogP contribution in [0.1, 0.15) is 16.2 Å². The molecule has 0 unspecified atom stereocenters. The van der Waals surface area contributed by atoms with E-state index in [9.17, 15) is 4.79 Å². The Bertz CT molecular complexity index is 583. The van der Waals surface area contributed by atoms with Crippen molar-refractivity contribution in [3.05, 3.63) is 45.8 Å². The van der Waals surface area contributed by atoms with Crippen LogP contribution in [0, 0.1) is 0 Å². The summed E-state index contributed by atoms with van der Waals surface area (Å²) in [7, 11) is 0. The van der Waals surface area contributed by atoms with Crippen LogP contribution in [0.3, 0.4) is 0 Å². The maximum absolute atomic E-state index is 10.6. The fourth-order valence-electron chi connectivity index (χ4n) is 1.31. The fourth-order valence-corrected chi connectivity index (χ4v) is 1.79. The van der Waals surface area contributed by atoms with Crippen LogP contribution in [-0.2, 0) is 6.54 Å². The van der Waals surface area contributed by atoms with E-state index >= 15 is 0 Å². The predicted octanol–water partition coefficient (Wildman–Crippen LogP) is 3.29. The van der Waals surface area contributed by atoms with Crippen molar-refractivity contribution in [2.24, 2.45) is 0 Å². The van der Waals surface area contributed by atoms with Crippen LogP contribution in [0.25, 0.3) is 0 Å². The van der Waals surface area contributed by atoms with Crippen molar-refractivity contribution >= 4 is 34.9 Å². The summed E-state index contributed by atoms with van der Waals surface area (Å²) in [4.78, 5) is 10.6. The van der Waals surface area contributed by atoms with Crippen molar-refractivity contribution in [3.8, 4) is 0 Å². The Morgan fingerprint density at radius 1 is 1.39 bits per heavy atom. The number of hydrogen-bond donors (Lipinski definition) is 2. The van der Waals surface area contributed by atoms with Gasteiger partial charge in [0.2, 0.25) is 0 Å². The molecule has 1 aromatic carbocycles. The zero-order valence-corrected chi connectivity index (χ0v) is 10.5. The fraction of sp³-hybridized carbons (Fsp3) is 0.0909. The van der Waals surface area contributed by atoms with Crippen LogP contribution in [0.2, 0.25) is 10.0 Å². The zero-order valence-electron chi connectivity index (χ0n) is 8.98. The molecule has 1 heterocycles. The minimum atomic E-state index is -1.13. The summed E-state index contributed by atoms with van der Waals surface area (Å²) in [6.45, 7) is 0.279. The first-order valence-electron chi connectivity index (χ1n) is 4.94. The SMILES string of the molecule is O=C(O)c1cc(CNc2ccc(Cl)cc2Cl)on1. The molecule has 2 aromatic rings. The average molecular weight is 287 g/mol. The molecule has 0 saturated carbocycles. The second-order valence-corrected chi connectivity index (χ2v) is 4.30. The van der Waals surface area contributed by atoms with Gasteiger partial charge in [-0.1, -0.05) is 28.4 Å². The number of benzene rings is 1. The number of hydrogen-bond acceptors (Lipinski definition) is 4. The molecule has 0 fully saturated rings. The van der Waals surface area contributed by atoms with Gasteiger partial charge in [0.15, 0.2) is 11.5 Å². The van der Waals surface area contributed by atoms with Crippen molar-refractivity contribution in [2.45, 2.75) is 6.54 Å². The Labute approximate surface area is 112 Å². The van der Waals surface area contributed by atoms with Crippen LogP contribution in [0.4, 0.5) is 5.69 Å². The third kappa shape index (κ3) is 2.94. The number of carboxylic acids is 1. The lowest BCUT2D eigenvalue weighted by Crippen LogP contribution is -1.99. The number of rotatable bonds is 4. The number of aromatic nitrogens is 1. The molecule has 0 aliphatic rings. The second-order valence-electron chi connectivity index (χ2n) is 3.46. The van der Waals surface area contributed by atoms with Crippen LogP contribution in [0.15, 0.2) is 28.8 Å². The van der Waals surface area contributed by atoms with Gasteiger partial charge in [-0.2, -0.15) is 0 Å². The molecule has 5 nitrogen and oxygen atoms in total. The molecular weight excluding hydrogens is 279 g/mol. The van der Waals surface area contributed by atoms with Gasteiger partial charge in [0.1, 0.15) is 0 Å². The summed E-state index contributed by atoms with van der Waals surface area (Å²) in [5.74, 6) is -0.729. The van der Waals surface area contributed by atoms with E-state index in [1.54, 1.807) is 18.2 Å². The first-order valence-corrected chi connectivity index (χ1v) is 5.69. The van der Waals surface area contributed by atoms with Crippen molar-refractivity contribution in [1.29, 1.82) is 0 Å². The Morgan fingerprint density at radius 2 is 2.17 bits per heavy atom. The summed E-state index contributed by atoms with van der Waals surface area (Å²) in [6, 6.07) is 6.37. The van der Waals surface area contributed by atoms with Crippen molar-refractivity contribution in [3.63, 3.8) is 0 Å². The largest absolute Gasteiger partial charge is 0.476 e. The molecule has 1 aromatic heterocycles. The van der Waals surface area contributed by atoms with E-state index in [2.05, 4.69) is 10.5 Å². The first kappa shape index (κ1) is 12.7. The topological polar surface area (TPSA) is 75.4 Å². The van der Waals surface area contributed by atoms with Crippen LogP contribution >= 0.6 is 23.2 Å². The highest BCUT2D eigenvalue weighted by Gasteiger charge is 2.10. The molecule has 7 heteroatoms. The molecule has 94 valence electrons. The molecule has 2 N–H and O–H groups in total. The second kappa shape index (κ2) is 5.29. The maximum Gasteiger partial charge on any atom is 0.358 e. The lowest BCUT2D eigenvalue weighted by Gasteiger charge is -2.06. The lowest BCUT2D eigenvalue weighted by atomic mass is 10.3. The summed E-state index contributed by atoms with van der Waals surface area (Å²) < 4.78 is 4.85. The summed E-state index contributed by atoms with van der Waals surface area (Å²) in [6.07, 6.45) is 0. The Morgan fingerprint density at radius 3 is 2.78 bits per heavy atom.